The number of hydrogen-bond donors (Lipinski definition) is 0. The van der Waals surface area contributed by atoms with Crippen LogP contribution < -0.4 is 4.90 Å². The van der Waals surface area contributed by atoms with E-state index in [2.05, 4.69) is 20.2 Å². The maximum absolute atomic E-state index is 13.5. The first-order chi connectivity index (χ1) is 12.1. The summed E-state index contributed by atoms with van der Waals surface area (Å²) in [6.07, 6.45) is 4.51. The van der Waals surface area contributed by atoms with E-state index < -0.39 is 0 Å². The third-order valence-corrected chi connectivity index (χ3v) is 4.50. The summed E-state index contributed by atoms with van der Waals surface area (Å²) in [4.78, 5) is 10.7. The van der Waals surface area contributed by atoms with Gasteiger partial charge in [-0.25, -0.2) is 14.4 Å². The lowest BCUT2D eigenvalue weighted by Gasteiger charge is -2.21. The molecule has 0 unspecified atom stereocenters. The molecule has 0 amide bonds. The van der Waals surface area contributed by atoms with Crippen LogP contribution in [0.4, 0.5) is 10.2 Å². The van der Waals surface area contributed by atoms with Crippen molar-refractivity contribution in [2.24, 2.45) is 0 Å². The third kappa shape index (κ3) is 3.07. The Balaban J connectivity index is 1.65. The average Bonchev–Trinajstić information content (AvgIpc) is 3.23. The van der Waals surface area contributed by atoms with E-state index in [0.29, 0.717) is 18.1 Å². The highest BCUT2D eigenvalue weighted by Crippen LogP contribution is 2.30. The SMILES string of the molecule is CN(Cc1nncn1-c1cccc(F)c1)c1nc(Cl)nc2c1CCC2. The second-order valence-corrected chi connectivity index (χ2v) is 6.39. The van der Waals surface area contributed by atoms with Crippen LogP contribution in [0, 0.1) is 5.82 Å². The second-order valence-electron chi connectivity index (χ2n) is 6.05. The summed E-state index contributed by atoms with van der Waals surface area (Å²) in [5.41, 5.74) is 2.84. The monoisotopic (exact) mass is 358 g/mol. The highest BCUT2D eigenvalue weighted by atomic mass is 35.5. The van der Waals surface area contributed by atoms with Crippen molar-refractivity contribution in [2.75, 3.05) is 11.9 Å². The molecule has 3 aromatic rings. The molecule has 1 aliphatic rings. The molecule has 0 aliphatic heterocycles. The number of aromatic nitrogens is 5. The summed E-state index contributed by atoms with van der Waals surface area (Å²) in [6.45, 7) is 0.469. The van der Waals surface area contributed by atoms with Gasteiger partial charge in [0, 0.05) is 12.6 Å². The number of nitrogens with zero attached hydrogens (tertiary/aromatic N) is 6. The van der Waals surface area contributed by atoms with Gasteiger partial charge in [-0.1, -0.05) is 6.07 Å². The molecule has 0 saturated carbocycles. The number of fused-ring (bicyclic) bond motifs is 1. The molecule has 1 aromatic carbocycles. The molecular weight excluding hydrogens is 343 g/mol. The first kappa shape index (κ1) is 16.0. The highest BCUT2D eigenvalue weighted by molar-refractivity contribution is 6.28. The Bertz CT molecular complexity index is 925. The Morgan fingerprint density at radius 3 is 3.00 bits per heavy atom. The maximum atomic E-state index is 13.5. The molecule has 6 nitrogen and oxygen atoms in total. The molecule has 0 atom stereocenters. The minimum Gasteiger partial charge on any atom is -0.352 e. The summed E-state index contributed by atoms with van der Waals surface area (Å²) < 4.78 is 15.3. The van der Waals surface area contributed by atoms with E-state index in [4.69, 9.17) is 11.6 Å². The fourth-order valence-corrected chi connectivity index (χ4v) is 3.38. The van der Waals surface area contributed by atoms with Gasteiger partial charge in [-0.15, -0.1) is 10.2 Å². The van der Waals surface area contributed by atoms with E-state index in [1.807, 2.05) is 18.0 Å². The van der Waals surface area contributed by atoms with Crippen LogP contribution in [-0.4, -0.2) is 31.8 Å². The van der Waals surface area contributed by atoms with Crippen LogP contribution in [0.3, 0.4) is 0 Å². The number of anilines is 1. The number of halogens is 2. The van der Waals surface area contributed by atoms with E-state index in [1.165, 1.54) is 12.1 Å². The fourth-order valence-electron chi connectivity index (χ4n) is 3.19. The van der Waals surface area contributed by atoms with Gasteiger partial charge < -0.3 is 4.90 Å². The van der Waals surface area contributed by atoms with Crippen LogP contribution in [0.5, 0.6) is 0 Å². The van der Waals surface area contributed by atoms with Crippen molar-refractivity contribution in [3.05, 3.63) is 58.8 Å². The predicted molar refractivity (Wildman–Crippen MR) is 92.5 cm³/mol. The number of aryl methyl sites for hydroxylation is 1. The zero-order valence-corrected chi connectivity index (χ0v) is 14.4. The summed E-state index contributed by atoms with van der Waals surface area (Å²) in [5, 5.41) is 8.40. The Morgan fingerprint density at radius 2 is 2.16 bits per heavy atom. The van der Waals surface area contributed by atoms with E-state index in [1.54, 1.807) is 17.0 Å². The predicted octanol–water partition coefficient (Wildman–Crippen LogP) is 2.97. The Morgan fingerprint density at radius 1 is 1.28 bits per heavy atom. The Labute approximate surface area is 149 Å². The van der Waals surface area contributed by atoms with Gasteiger partial charge in [-0.3, -0.25) is 4.57 Å². The van der Waals surface area contributed by atoms with Gasteiger partial charge in [-0.2, -0.15) is 0 Å². The molecule has 0 fully saturated rings. The molecular formula is C17H16ClFN6. The van der Waals surface area contributed by atoms with Crippen molar-refractivity contribution < 1.29 is 4.39 Å². The van der Waals surface area contributed by atoms with Crippen LogP contribution in [-0.2, 0) is 19.4 Å². The lowest BCUT2D eigenvalue weighted by Crippen LogP contribution is -2.22. The normalized spacial score (nSPS) is 13.1. The van der Waals surface area contributed by atoms with Crippen LogP contribution in [0.1, 0.15) is 23.5 Å². The third-order valence-electron chi connectivity index (χ3n) is 4.33. The van der Waals surface area contributed by atoms with Crippen LogP contribution in [0.25, 0.3) is 5.69 Å². The van der Waals surface area contributed by atoms with Crippen molar-refractivity contribution >= 4 is 17.4 Å². The van der Waals surface area contributed by atoms with Crippen molar-refractivity contribution in [1.29, 1.82) is 0 Å². The Kier molecular flexibility index (Phi) is 4.09. The van der Waals surface area contributed by atoms with Gasteiger partial charge in [0.25, 0.3) is 0 Å². The molecule has 0 spiro atoms. The van der Waals surface area contributed by atoms with Crippen LogP contribution >= 0.6 is 11.6 Å². The van der Waals surface area contributed by atoms with Gasteiger partial charge in [-0.05, 0) is 49.1 Å². The summed E-state index contributed by atoms with van der Waals surface area (Å²) >= 11 is 6.08. The molecule has 2 heterocycles. The summed E-state index contributed by atoms with van der Waals surface area (Å²) in [5.74, 6) is 1.21. The zero-order chi connectivity index (χ0) is 17.4. The van der Waals surface area contributed by atoms with Gasteiger partial charge in [0.05, 0.1) is 17.9 Å². The van der Waals surface area contributed by atoms with Crippen LogP contribution in [0.15, 0.2) is 30.6 Å². The topological polar surface area (TPSA) is 59.7 Å². The molecule has 8 heteroatoms. The lowest BCUT2D eigenvalue weighted by molar-refractivity contribution is 0.626. The Hall–Kier alpha value is -2.54. The van der Waals surface area contributed by atoms with E-state index >= 15 is 0 Å². The standard InChI is InChI=1S/C17H16ClFN6/c1-24(16-13-6-3-7-14(13)21-17(18)22-16)9-15-23-20-10-25(15)12-5-2-4-11(19)8-12/h2,4-5,8,10H,3,6-7,9H2,1H3. The molecule has 1 aliphatic carbocycles. The molecule has 2 aromatic heterocycles. The second kappa shape index (κ2) is 6.40. The smallest absolute Gasteiger partial charge is 0.224 e. The first-order valence-electron chi connectivity index (χ1n) is 8.03. The summed E-state index contributed by atoms with van der Waals surface area (Å²) in [7, 11) is 1.93. The van der Waals surface area contributed by atoms with Gasteiger partial charge in [0.1, 0.15) is 18.0 Å². The van der Waals surface area contributed by atoms with Crippen molar-refractivity contribution in [3.63, 3.8) is 0 Å². The van der Waals surface area contributed by atoms with Crippen molar-refractivity contribution in [3.8, 4) is 5.69 Å². The van der Waals surface area contributed by atoms with E-state index in [9.17, 15) is 4.39 Å². The van der Waals surface area contributed by atoms with Crippen LogP contribution in [0.2, 0.25) is 5.28 Å². The first-order valence-corrected chi connectivity index (χ1v) is 8.41. The average molecular weight is 359 g/mol. The lowest BCUT2D eigenvalue weighted by atomic mass is 10.2. The minimum atomic E-state index is -0.300. The highest BCUT2D eigenvalue weighted by Gasteiger charge is 2.22. The number of rotatable bonds is 4. The van der Waals surface area contributed by atoms with Crippen molar-refractivity contribution in [1.82, 2.24) is 24.7 Å². The molecule has 25 heavy (non-hydrogen) atoms. The summed E-state index contributed by atoms with van der Waals surface area (Å²) in [6, 6.07) is 6.34. The van der Waals surface area contributed by atoms with Gasteiger partial charge in [0.15, 0.2) is 5.82 Å². The van der Waals surface area contributed by atoms with Gasteiger partial charge >= 0.3 is 0 Å². The van der Waals surface area contributed by atoms with Crippen molar-refractivity contribution in [2.45, 2.75) is 25.8 Å². The van der Waals surface area contributed by atoms with E-state index in [0.717, 1.165) is 36.3 Å². The number of hydrogen-bond acceptors (Lipinski definition) is 5. The molecule has 0 radical (unpaired) electrons. The maximum Gasteiger partial charge on any atom is 0.224 e. The molecule has 0 bridgehead atoms. The zero-order valence-electron chi connectivity index (χ0n) is 13.7. The number of benzene rings is 1. The molecule has 0 N–H and O–H groups in total. The molecule has 128 valence electrons. The van der Waals surface area contributed by atoms with Gasteiger partial charge in [0.2, 0.25) is 5.28 Å². The molecule has 0 saturated heterocycles. The largest absolute Gasteiger partial charge is 0.352 e. The minimum absolute atomic E-state index is 0.258. The quantitative estimate of drug-likeness (QED) is 0.671. The fraction of sp³-hybridized carbons (Fsp3) is 0.294. The molecule has 4 rings (SSSR count). The van der Waals surface area contributed by atoms with E-state index in [-0.39, 0.29) is 11.1 Å².